The number of nitriles is 1. The van der Waals surface area contributed by atoms with Gasteiger partial charge in [-0.3, -0.25) is 4.79 Å². The molecule has 1 amide bonds. The SMILES string of the molecule is COc1cc(/C=C(\C#N)C(=O)Nc2ccc(F)cc2)cc(Br)c1OS(=O)(=O)c1ccc(Cl)cc1. The third-order valence-electron chi connectivity index (χ3n) is 4.33. The van der Waals surface area contributed by atoms with Gasteiger partial charge in [-0.15, -0.1) is 0 Å². The van der Waals surface area contributed by atoms with E-state index in [1.807, 2.05) is 0 Å². The lowest BCUT2D eigenvalue weighted by Crippen LogP contribution is -2.13. The molecule has 3 rings (SSSR count). The number of hydrogen-bond acceptors (Lipinski definition) is 6. The summed E-state index contributed by atoms with van der Waals surface area (Å²) in [5, 5.41) is 12.3. The molecule has 0 aliphatic carbocycles. The standard InChI is InChI=1S/C23H15BrClFN2O5S/c1-32-21-12-14(10-15(13-27)23(29)28-18-6-4-17(26)5-7-18)11-20(24)22(21)33-34(30,31)19-8-2-16(25)3-9-19/h2-12H,1H3,(H,28,29)/b15-10+. The van der Waals surface area contributed by atoms with Crippen LogP contribution in [0.5, 0.6) is 11.5 Å². The molecular weight excluding hydrogens is 551 g/mol. The predicted octanol–water partition coefficient (Wildman–Crippen LogP) is 5.56. The van der Waals surface area contributed by atoms with Crippen molar-refractivity contribution < 1.29 is 26.5 Å². The summed E-state index contributed by atoms with van der Waals surface area (Å²) < 4.78 is 49.1. The zero-order chi connectivity index (χ0) is 24.9. The Hall–Kier alpha value is -3.39. The summed E-state index contributed by atoms with van der Waals surface area (Å²) in [4.78, 5) is 12.3. The van der Waals surface area contributed by atoms with E-state index in [0.29, 0.717) is 16.3 Å². The van der Waals surface area contributed by atoms with Gasteiger partial charge in [0, 0.05) is 10.7 Å². The molecule has 11 heteroatoms. The maximum Gasteiger partial charge on any atom is 0.339 e. The molecule has 0 aliphatic heterocycles. The average molecular weight is 566 g/mol. The fraction of sp³-hybridized carbons (Fsp3) is 0.0435. The van der Waals surface area contributed by atoms with Gasteiger partial charge in [0.05, 0.1) is 11.6 Å². The van der Waals surface area contributed by atoms with Gasteiger partial charge < -0.3 is 14.2 Å². The first kappa shape index (κ1) is 25.2. The lowest BCUT2D eigenvalue weighted by atomic mass is 10.1. The highest BCUT2D eigenvalue weighted by atomic mass is 79.9. The summed E-state index contributed by atoms with van der Waals surface area (Å²) in [6, 6.07) is 15.1. The Balaban J connectivity index is 1.90. The van der Waals surface area contributed by atoms with Crippen LogP contribution in [0.3, 0.4) is 0 Å². The second-order valence-electron chi connectivity index (χ2n) is 6.66. The lowest BCUT2D eigenvalue weighted by molar-refractivity contribution is -0.112. The smallest absolute Gasteiger partial charge is 0.339 e. The van der Waals surface area contributed by atoms with Crippen molar-refractivity contribution in [2.75, 3.05) is 12.4 Å². The fourth-order valence-corrected chi connectivity index (χ4v) is 4.44. The summed E-state index contributed by atoms with van der Waals surface area (Å²) >= 11 is 9.05. The molecule has 3 aromatic rings. The van der Waals surface area contributed by atoms with Crippen LogP contribution in [0.2, 0.25) is 5.02 Å². The van der Waals surface area contributed by atoms with Crippen molar-refractivity contribution in [2.45, 2.75) is 4.90 Å². The number of carbonyl (C=O) groups is 1. The first-order valence-corrected chi connectivity index (χ1v) is 12.0. The van der Waals surface area contributed by atoms with E-state index in [9.17, 15) is 22.9 Å². The van der Waals surface area contributed by atoms with Gasteiger partial charge in [-0.2, -0.15) is 13.7 Å². The van der Waals surface area contributed by atoms with Crippen molar-refractivity contribution in [3.05, 3.63) is 87.1 Å². The Bertz CT molecular complexity index is 1400. The van der Waals surface area contributed by atoms with Gasteiger partial charge in [-0.05, 0) is 88.2 Å². The Morgan fingerprint density at radius 2 is 1.79 bits per heavy atom. The number of halogens is 3. The topological polar surface area (TPSA) is 105 Å². The number of methoxy groups -OCH3 is 1. The van der Waals surface area contributed by atoms with Crippen LogP contribution in [0.15, 0.2) is 75.6 Å². The highest BCUT2D eigenvalue weighted by molar-refractivity contribution is 9.10. The molecule has 0 aliphatic rings. The first-order valence-electron chi connectivity index (χ1n) is 9.39. The number of ether oxygens (including phenoxy) is 1. The highest BCUT2D eigenvalue weighted by Gasteiger charge is 2.22. The molecule has 174 valence electrons. The average Bonchev–Trinajstić information content (AvgIpc) is 2.80. The quantitative estimate of drug-likeness (QED) is 0.228. The van der Waals surface area contributed by atoms with E-state index in [1.54, 1.807) is 6.07 Å². The van der Waals surface area contributed by atoms with Crippen LogP contribution in [0.4, 0.5) is 10.1 Å². The van der Waals surface area contributed by atoms with Crippen molar-refractivity contribution in [1.29, 1.82) is 5.26 Å². The molecule has 1 N–H and O–H groups in total. The van der Waals surface area contributed by atoms with Crippen molar-refractivity contribution in [2.24, 2.45) is 0 Å². The number of anilines is 1. The van der Waals surface area contributed by atoms with E-state index >= 15 is 0 Å². The van der Waals surface area contributed by atoms with Gasteiger partial charge in [-0.25, -0.2) is 4.39 Å². The van der Waals surface area contributed by atoms with Gasteiger partial charge in [0.1, 0.15) is 22.4 Å². The van der Waals surface area contributed by atoms with Gasteiger partial charge in [0.25, 0.3) is 5.91 Å². The van der Waals surface area contributed by atoms with Crippen LogP contribution in [0, 0.1) is 17.1 Å². The number of rotatable bonds is 7. The molecule has 0 bridgehead atoms. The second-order valence-corrected chi connectivity index (χ2v) is 9.49. The number of nitrogens with zero attached hydrogens (tertiary/aromatic N) is 1. The number of nitrogens with one attached hydrogen (secondary N) is 1. The maximum atomic E-state index is 13.0. The van der Waals surface area contributed by atoms with Crippen LogP contribution in [0.1, 0.15) is 5.56 Å². The Morgan fingerprint density at radius 1 is 1.15 bits per heavy atom. The van der Waals surface area contributed by atoms with Crippen LogP contribution >= 0.6 is 27.5 Å². The molecule has 3 aromatic carbocycles. The molecule has 0 atom stereocenters. The van der Waals surface area contributed by atoms with E-state index in [0.717, 1.165) is 0 Å². The number of hydrogen-bond donors (Lipinski definition) is 1. The van der Waals surface area contributed by atoms with Crippen molar-refractivity contribution >= 4 is 55.3 Å². The second kappa shape index (κ2) is 10.7. The van der Waals surface area contributed by atoms with E-state index in [4.69, 9.17) is 20.5 Å². The summed E-state index contributed by atoms with van der Waals surface area (Å²) in [6.45, 7) is 0. The molecule has 0 saturated heterocycles. The third kappa shape index (κ3) is 6.14. The minimum Gasteiger partial charge on any atom is -0.493 e. The predicted molar refractivity (Wildman–Crippen MR) is 129 cm³/mol. The maximum absolute atomic E-state index is 13.0. The summed E-state index contributed by atoms with van der Waals surface area (Å²) in [7, 11) is -2.90. The molecule has 34 heavy (non-hydrogen) atoms. The van der Waals surface area contributed by atoms with Crippen molar-refractivity contribution in [3.63, 3.8) is 0 Å². The monoisotopic (exact) mass is 564 g/mol. The lowest BCUT2D eigenvalue weighted by Gasteiger charge is -2.13. The minimum absolute atomic E-state index is 0.0365. The highest BCUT2D eigenvalue weighted by Crippen LogP contribution is 2.39. The largest absolute Gasteiger partial charge is 0.493 e. The van der Waals surface area contributed by atoms with Crippen LogP contribution in [-0.4, -0.2) is 21.4 Å². The Labute approximate surface area is 208 Å². The van der Waals surface area contributed by atoms with Gasteiger partial charge >= 0.3 is 10.1 Å². The molecule has 0 saturated carbocycles. The number of benzene rings is 3. The van der Waals surface area contributed by atoms with E-state index in [1.165, 1.54) is 73.8 Å². The molecule has 0 heterocycles. The van der Waals surface area contributed by atoms with Crippen LogP contribution < -0.4 is 14.2 Å². The van der Waals surface area contributed by atoms with E-state index in [-0.39, 0.29) is 26.4 Å². The molecule has 7 nitrogen and oxygen atoms in total. The Kier molecular flexibility index (Phi) is 7.94. The minimum atomic E-state index is -4.20. The van der Waals surface area contributed by atoms with Crippen LogP contribution in [-0.2, 0) is 14.9 Å². The van der Waals surface area contributed by atoms with Crippen molar-refractivity contribution in [1.82, 2.24) is 0 Å². The van der Waals surface area contributed by atoms with E-state index in [2.05, 4.69) is 21.2 Å². The molecule has 0 spiro atoms. The molecule has 0 aromatic heterocycles. The number of carbonyl (C=O) groups excluding carboxylic acids is 1. The van der Waals surface area contributed by atoms with Crippen molar-refractivity contribution in [3.8, 4) is 17.6 Å². The van der Waals surface area contributed by atoms with E-state index < -0.39 is 21.8 Å². The summed E-state index contributed by atoms with van der Waals surface area (Å²) in [5.74, 6) is -1.26. The summed E-state index contributed by atoms with van der Waals surface area (Å²) in [6.07, 6.45) is 1.28. The first-order chi connectivity index (χ1) is 16.1. The van der Waals surface area contributed by atoms with Crippen LogP contribution in [0.25, 0.3) is 6.08 Å². The molecule has 0 radical (unpaired) electrons. The number of amides is 1. The zero-order valence-electron chi connectivity index (χ0n) is 17.4. The van der Waals surface area contributed by atoms with Gasteiger partial charge in [0.2, 0.25) is 0 Å². The Morgan fingerprint density at radius 3 is 2.38 bits per heavy atom. The molecule has 0 unspecified atom stereocenters. The molecule has 0 fully saturated rings. The third-order valence-corrected chi connectivity index (χ3v) is 6.40. The fourth-order valence-electron chi connectivity index (χ4n) is 2.71. The van der Waals surface area contributed by atoms with Gasteiger partial charge in [-0.1, -0.05) is 11.6 Å². The molecular formula is C23H15BrClFN2O5S. The normalized spacial score (nSPS) is 11.4. The summed E-state index contributed by atoms with van der Waals surface area (Å²) in [5.41, 5.74) is 0.411. The zero-order valence-corrected chi connectivity index (χ0v) is 20.5. The van der Waals surface area contributed by atoms with Gasteiger partial charge in [0.15, 0.2) is 11.5 Å².